The highest BCUT2D eigenvalue weighted by Crippen LogP contribution is 2.28. The normalized spacial score (nSPS) is 11.4. The van der Waals surface area contributed by atoms with Gasteiger partial charge in [-0.05, 0) is 68.3 Å². The Hall–Kier alpha value is -3.17. The van der Waals surface area contributed by atoms with Crippen LogP contribution in [0.15, 0.2) is 75.1 Å². The molecule has 0 atom stereocenters. The van der Waals surface area contributed by atoms with Gasteiger partial charge >= 0.3 is 0 Å². The van der Waals surface area contributed by atoms with Crippen molar-refractivity contribution in [1.29, 1.82) is 0 Å². The lowest BCUT2D eigenvalue weighted by molar-refractivity contribution is -0.119. The van der Waals surface area contributed by atoms with Crippen molar-refractivity contribution < 1.29 is 17.9 Å². The molecule has 3 rings (SSSR count). The minimum absolute atomic E-state index is 0.106. The third-order valence-electron chi connectivity index (χ3n) is 5.33. The van der Waals surface area contributed by atoms with Crippen molar-refractivity contribution in [3.05, 3.63) is 87.4 Å². The maximum Gasteiger partial charge on any atom is 0.264 e. The van der Waals surface area contributed by atoms with Crippen molar-refractivity contribution in [2.45, 2.75) is 25.7 Å². The maximum atomic E-state index is 13.5. The van der Waals surface area contributed by atoms with Crippen molar-refractivity contribution in [1.82, 2.24) is 5.43 Å². The van der Waals surface area contributed by atoms with Gasteiger partial charge < -0.3 is 4.74 Å². The Morgan fingerprint density at radius 2 is 1.79 bits per heavy atom. The topological polar surface area (TPSA) is 88.1 Å². The van der Waals surface area contributed by atoms with Gasteiger partial charge in [0.25, 0.3) is 15.9 Å². The van der Waals surface area contributed by atoms with Crippen LogP contribution in [0.2, 0.25) is 0 Å². The Balaban J connectivity index is 1.90. The number of rotatable bonds is 8. The van der Waals surface area contributed by atoms with E-state index in [1.54, 1.807) is 48.5 Å². The number of nitrogens with one attached hydrogen (secondary N) is 1. The van der Waals surface area contributed by atoms with E-state index in [0.717, 1.165) is 25.5 Å². The fourth-order valence-corrected chi connectivity index (χ4v) is 5.15. The van der Waals surface area contributed by atoms with E-state index in [2.05, 4.69) is 26.5 Å². The van der Waals surface area contributed by atoms with Gasteiger partial charge in [0.05, 0.1) is 23.9 Å². The highest BCUT2D eigenvalue weighted by atomic mass is 79.9. The van der Waals surface area contributed by atoms with E-state index in [1.807, 2.05) is 32.9 Å². The van der Waals surface area contributed by atoms with Gasteiger partial charge in [-0.25, -0.2) is 13.8 Å². The second-order valence-electron chi connectivity index (χ2n) is 7.72. The molecule has 0 fully saturated rings. The summed E-state index contributed by atoms with van der Waals surface area (Å²) in [5.74, 6) is 0.00182. The Kier molecular flexibility index (Phi) is 8.11. The number of amides is 1. The van der Waals surface area contributed by atoms with Gasteiger partial charge in [-0.1, -0.05) is 45.8 Å². The molecule has 178 valence electrons. The summed E-state index contributed by atoms with van der Waals surface area (Å²) in [6, 6.07) is 17.3. The van der Waals surface area contributed by atoms with E-state index >= 15 is 0 Å². The van der Waals surface area contributed by atoms with Crippen molar-refractivity contribution in [3.8, 4) is 5.75 Å². The van der Waals surface area contributed by atoms with E-state index < -0.39 is 22.5 Å². The fourth-order valence-electron chi connectivity index (χ4n) is 3.29. The SMILES string of the molecule is COc1ccc(Br)cc1/C=N\NC(=O)CN(c1cccc(C)c1C)S(=O)(=O)c1ccc(C)cc1. The van der Waals surface area contributed by atoms with Gasteiger partial charge in [-0.15, -0.1) is 0 Å². The largest absolute Gasteiger partial charge is 0.496 e. The maximum absolute atomic E-state index is 13.5. The third-order valence-corrected chi connectivity index (χ3v) is 7.59. The molecule has 0 heterocycles. The predicted octanol–water partition coefficient (Wildman–Crippen LogP) is 4.73. The van der Waals surface area contributed by atoms with E-state index in [-0.39, 0.29) is 4.90 Å². The number of nitrogens with zero attached hydrogens (tertiary/aromatic N) is 2. The molecular weight excluding hydrogens is 518 g/mol. The van der Waals surface area contributed by atoms with Crippen LogP contribution in [-0.4, -0.2) is 34.2 Å². The van der Waals surface area contributed by atoms with Gasteiger partial charge in [0.1, 0.15) is 12.3 Å². The lowest BCUT2D eigenvalue weighted by atomic mass is 10.1. The van der Waals surface area contributed by atoms with Crippen molar-refractivity contribution in [2.24, 2.45) is 5.10 Å². The van der Waals surface area contributed by atoms with Crippen LogP contribution < -0.4 is 14.5 Å². The van der Waals surface area contributed by atoms with Crippen LogP contribution in [0.5, 0.6) is 5.75 Å². The smallest absolute Gasteiger partial charge is 0.264 e. The van der Waals surface area contributed by atoms with Crippen LogP contribution in [0.4, 0.5) is 5.69 Å². The molecule has 0 aliphatic carbocycles. The first kappa shape index (κ1) is 25.5. The van der Waals surface area contributed by atoms with Crippen LogP contribution in [0.1, 0.15) is 22.3 Å². The Labute approximate surface area is 208 Å². The minimum atomic E-state index is -4.00. The number of benzene rings is 3. The molecule has 0 aromatic heterocycles. The van der Waals surface area contributed by atoms with E-state index in [4.69, 9.17) is 4.74 Å². The highest BCUT2D eigenvalue weighted by Gasteiger charge is 2.28. The second-order valence-corrected chi connectivity index (χ2v) is 10.5. The van der Waals surface area contributed by atoms with Gasteiger partial charge in [-0.3, -0.25) is 9.10 Å². The number of hydrogen-bond acceptors (Lipinski definition) is 5. The summed E-state index contributed by atoms with van der Waals surface area (Å²) in [4.78, 5) is 12.9. The Bertz CT molecular complexity index is 1320. The summed E-state index contributed by atoms with van der Waals surface area (Å²) < 4.78 is 34.3. The van der Waals surface area contributed by atoms with Gasteiger partial charge in [0.2, 0.25) is 0 Å². The summed E-state index contributed by atoms with van der Waals surface area (Å²) in [5.41, 5.74) is 6.14. The highest BCUT2D eigenvalue weighted by molar-refractivity contribution is 9.10. The molecule has 1 amide bonds. The fraction of sp³-hybridized carbons (Fsp3) is 0.200. The van der Waals surface area contributed by atoms with Crippen molar-refractivity contribution >= 4 is 43.8 Å². The van der Waals surface area contributed by atoms with Gasteiger partial charge in [0.15, 0.2) is 0 Å². The molecule has 0 aliphatic heterocycles. The zero-order chi connectivity index (χ0) is 24.9. The monoisotopic (exact) mass is 543 g/mol. The Morgan fingerprint density at radius 1 is 1.09 bits per heavy atom. The summed E-state index contributed by atoms with van der Waals surface area (Å²) in [6.07, 6.45) is 1.44. The van der Waals surface area contributed by atoms with Crippen LogP contribution >= 0.6 is 15.9 Å². The number of ether oxygens (including phenoxy) is 1. The van der Waals surface area contributed by atoms with Crippen LogP contribution in [0.3, 0.4) is 0 Å². The lowest BCUT2D eigenvalue weighted by Crippen LogP contribution is -2.40. The third kappa shape index (κ3) is 5.84. The van der Waals surface area contributed by atoms with E-state index in [1.165, 1.54) is 13.3 Å². The number of carbonyl (C=O) groups excluding carboxylic acids is 1. The molecule has 0 saturated carbocycles. The number of anilines is 1. The number of aryl methyl sites for hydroxylation is 2. The predicted molar refractivity (Wildman–Crippen MR) is 138 cm³/mol. The molecule has 9 heteroatoms. The molecule has 1 N–H and O–H groups in total. The summed E-state index contributed by atoms with van der Waals surface area (Å²) in [6.45, 7) is 5.17. The molecule has 7 nitrogen and oxygen atoms in total. The molecule has 0 radical (unpaired) electrons. The average Bonchev–Trinajstić information content (AvgIpc) is 2.80. The summed E-state index contributed by atoms with van der Waals surface area (Å²) >= 11 is 3.39. The first-order chi connectivity index (χ1) is 16.1. The lowest BCUT2D eigenvalue weighted by Gasteiger charge is -2.26. The number of hydrazone groups is 1. The van der Waals surface area contributed by atoms with E-state index in [0.29, 0.717) is 17.0 Å². The molecule has 0 aliphatic rings. The quantitative estimate of drug-likeness (QED) is 0.328. The van der Waals surface area contributed by atoms with Crippen LogP contribution in [0.25, 0.3) is 0 Å². The number of sulfonamides is 1. The number of methoxy groups -OCH3 is 1. The van der Waals surface area contributed by atoms with Crippen molar-refractivity contribution in [3.63, 3.8) is 0 Å². The number of halogens is 1. The van der Waals surface area contributed by atoms with Crippen LogP contribution in [0, 0.1) is 20.8 Å². The molecule has 0 spiro atoms. The molecule has 0 unspecified atom stereocenters. The van der Waals surface area contributed by atoms with Gasteiger partial charge in [-0.2, -0.15) is 5.10 Å². The summed E-state index contributed by atoms with van der Waals surface area (Å²) in [5, 5.41) is 4.00. The average molecular weight is 544 g/mol. The molecule has 0 saturated heterocycles. The molecule has 34 heavy (non-hydrogen) atoms. The zero-order valence-electron chi connectivity index (χ0n) is 19.4. The molecule has 0 bridgehead atoms. The Morgan fingerprint density at radius 3 is 2.47 bits per heavy atom. The minimum Gasteiger partial charge on any atom is -0.496 e. The number of hydrogen-bond donors (Lipinski definition) is 1. The van der Waals surface area contributed by atoms with Crippen LogP contribution in [-0.2, 0) is 14.8 Å². The number of carbonyl (C=O) groups is 1. The van der Waals surface area contributed by atoms with Gasteiger partial charge in [0, 0.05) is 10.0 Å². The van der Waals surface area contributed by atoms with E-state index in [9.17, 15) is 13.2 Å². The standard InChI is InChI=1S/C25H26BrN3O4S/c1-17-8-11-22(12-9-17)34(31,32)29(23-7-5-6-18(2)19(23)3)16-25(30)28-27-15-20-14-21(26)10-13-24(20)33-4/h5-15H,16H2,1-4H3,(H,28,30)/b27-15-. The zero-order valence-corrected chi connectivity index (χ0v) is 21.8. The summed E-state index contributed by atoms with van der Waals surface area (Å²) in [7, 11) is -2.47. The second kappa shape index (κ2) is 10.8. The van der Waals surface area contributed by atoms with Crippen molar-refractivity contribution in [2.75, 3.05) is 18.0 Å². The molecule has 3 aromatic rings. The first-order valence-electron chi connectivity index (χ1n) is 10.4. The molecule has 3 aromatic carbocycles. The first-order valence-corrected chi connectivity index (χ1v) is 12.7. The molecular formula is C25H26BrN3O4S.